The van der Waals surface area contributed by atoms with Gasteiger partial charge in [0.1, 0.15) is 12.0 Å². The summed E-state index contributed by atoms with van der Waals surface area (Å²) in [6.07, 6.45) is 1.04. The summed E-state index contributed by atoms with van der Waals surface area (Å²) in [5, 5.41) is 15.9. The van der Waals surface area contributed by atoms with Gasteiger partial charge in [-0.15, -0.1) is 0 Å². The summed E-state index contributed by atoms with van der Waals surface area (Å²) >= 11 is 11.8. The molecule has 2 amide bonds. The van der Waals surface area contributed by atoms with Crippen molar-refractivity contribution in [3.05, 3.63) is 56.7 Å². The fourth-order valence-corrected chi connectivity index (χ4v) is 1.79. The zero-order valence-electron chi connectivity index (χ0n) is 10.3. The fraction of sp³-hybridized carbons (Fsp3) is 0. The number of anilines is 2. The van der Waals surface area contributed by atoms with Crippen LogP contribution in [0.5, 0.6) is 0 Å². The molecule has 0 aliphatic rings. The van der Waals surface area contributed by atoms with Crippen LogP contribution >= 0.6 is 23.2 Å². The third-order valence-corrected chi connectivity index (χ3v) is 3.22. The van der Waals surface area contributed by atoms with Crippen molar-refractivity contribution in [2.75, 3.05) is 10.6 Å². The number of aromatic nitrogens is 1. The third kappa shape index (κ3) is 3.80. The number of amides is 2. The van der Waals surface area contributed by atoms with Crippen LogP contribution in [-0.4, -0.2) is 15.9 Å². The maximum atomic E-state index is 11.8. The Balaban J connectivity index is 2.04. The molecule has 108 valence electrons. The van der Waals surface area contributed by atoms with E-state index in [0.717, 1.165) is 6.20 Å². The summed E-state index contributed by atoms with van der Waals surface area (Å²) < 4.78 is 0. The van der Waals surface area contributed by atoms with E-state index in [-0.39, 0.29) is 16.5 Å². The summed E-state index contributed by atoms with van der Waals surface area (Å²) in [5.41, 5.74) is 0.169. The Morgan fingerprint density at radius 3 is 2.57 bits per heavy atom. The lowest BCUT2D eigenvalue weighted by Gasteiger charge is -2.09. The van der Waals surface area contributed by atoms with Crippen LogP contribution in [0, 0.1) is 10.1 Å². The van der Waals surface area contributed by atoms with E-state index in [1.54, 1.807) is 18.2 Å². The predicted molar refractivity (Wildman–Crippen MR) is 80.0 cm³/mol. The Morgan fingerprint density at radius 1 is 1.19 bits per heavy atom. The lowest BCUT2D eigenvalue weighted by Crippen LogP contribution is -2.20. The molecule has 21 heavy (non-hydrogen) atoms. The molecule has 0 aliphatic carbocycles. The number of pyridine rings is 1. The van der Waals surface area contributed by atoms with Gasteiger partial charge in [0.2, 0.25) is 0 Å². The molecule has 0 spiro atoms. The third-order valence-electron chi connectivity index (χ3n) is 2.40. The summed E-state index contributed by atoms with van der Waals surface area (Å²) in [6.45, 7) is 0. The number of carbonyl (C=O) groups is 1. The van der Waals surface area contributed by atoms with Crippen molar-refractivity contribution in [3.8, 4) is 0 Å². The number of hydrogen-bond donors (Lipinski definition) is 2. The van der Waals surface area contributed by atoms with Gasteiger partial charge in [0.05, 0.1) is 20.7 Å². The van der Waals surface area contributed by atoms with E-state index in [2.05, 4.69) is 15.6 Å². The molecule has 0 bridgehead atoms. The molecule has 0 atom stereocenters. The van der Waals surface area contributed by atoms with E-state index < -0.39 is 11.0 Å². The Kier molecular flexibility index (Phi) is 4.56. The van der Waals surface area contributed by atoms with E-state index >= 15 is 0 Å². The van der Waals surface area contributed by atoms with Crippen LogP contribution in [0.15, 0.2) is 36.5 Å². The van der Waals surface area contributed by atoms with E-state index in [1.807, 2.05) is 0 Å². The molecule has 0 aliphatic heterocycles. The zero-order chi connectivity index (χ0) is 15.4. The first-order chi connectivity index (χ1) is 9.97. The van der Waals surface area contributed by atoms with Crippen molar-refractivity contribution in [3.63, 3.8) is 0 Å². The van der Waals surface area contributed by atoms with Crippen LogP contribution in [0.3, 0.4) is 0 Å². The van der Waals surface area contributed by atoms with Gasteiger partial charge >= 0.3 is 6.03 Å². The van der Waals surface area contributed by atoms with Gasteiger partial charge in [-0.3, -0.25) is 15.4 Å². The van der Waals surface area contributed by atoms with Crippen molar-refractivity contribution in [2.45, 2.75) is 0 Å². The van der Waals surface area contributed by atoms with Crippen molar-refractivity contribution in [2.24, 2.45) is 0 Å². The maximum Gasteiger partial charge on any atom is 0.324 e. The average molecular weight is 327 g/mol. The Hall–Kier alpha value is -2.38. The highest BCUT2D eigenvalue weighted by atomic mass is 35.5. The second kappa shape index (κ2) is 6.38. The standard InChI is InChI=1S/C12H8Cl2N4O3/c13-8-2-1-3-9(11(8)14)16-12(19)17-10-5-4-7(6-15-10)18(20)21/h1-6H,(H2,15,16,17,19). The molecule has 2 N–H and O–H groups in total. The largest absolute Gasteiger partial charge is 0.324 e. The molecule has 2 aromatic rings. The van der Waals surface area contributed by atoms with Gasteiger partial charge in [-0.05, 0) is 18.2 Å². The highest BCUT2D eigenvalue weighted by Crippen LogP contribution is 2.29. The van der Waals surface area contributed by atoms with Crippen LogP contribution < -0.4 is 10.6 Å². The molecule has 1 aromatic heterocycles. The summed E-state index contributed by atoms with van der Waals surface area (Å²) in [5.74, 6) is 0.163. The van der Waals surface area contributed by atoms with Gasteiger partial charge in [0, 0.05) is 6.07 Å². The molecule has 7 nitrogen and oxygen atoms in total. The van der Waals surface area contributed by atoms with Gasteiger partial charge in [0.15, 0.2) is 0 Å². The molecule has 1 aromatic carbocycles. The monoisotopic (exact) mass is 326 g/mol. The summed E-state index contributed by atoms with van der Waals surface area (Å²) in [4.78, 5) is 25.4. The van der Waals surface area contributed by atoms with Gasteiger partial charge < -0.3 is 5.32 Å². The number of hydrogen-bond acceptors (Lipinski definition) is 4. The molecular weight excluding hydrogens is 319 g/mol. The number of carbonyl (C=O) groups excluding carboxylic acids is 1. The normalized spacial score (nSPS) is 10.0. The molecule has 2 rings (SSSR count). The quantitative estimate of drug-likeness (QED) is 0.659. The SMILES string of the molecule is O=C(Nc1ccc([N+](=O)[O-])cn1)Nc1cccc(Cl)c1Cl. The molecular formula is C12H8Cl2N4O3. The Bertz CT molecular complexity index is 691. The first-order valence-corrected chi connectivity index (χ1v) is 6.35. The van der Waals surface area contributed by atoms with Crippen molar-refractivity contribution in [1.82, 2.24) is 4.98 Å². The number of benzene rings is 1. The summed E-state index contributed by atoms with van der Waals surface area (Å²) in [7, 11) is 0. The van der Waals surface area contributed by atoms with Gasteiger partial charge in [0.25, 0.3) is 5.69 Å². The maximum absolute atomic E-state index is 11.8. The first-order valence-electron chi connectivity index (χ1n) is 5.60. The van der Waals surface area contributed by atoms with Crippen molar-refractivity contribution >= 4 is 46.4 Å². The van der Waals surface area contributed by atoms with Crippen LogP contribution in [-0.2, 0) is 0 Å². The van der Waals surface area contributed by atoms with E-state index in [0.29, 0.717) is 10.7 Å². The minimum atomic E-state index is -0.597. The Labute approximate surface area is 129 Å². The van der Waals surface area contributed by atoms with E-state index in [9.17, 15) is 14.9 Å². The number of rotatable bonds is 3. The minimum Gasteiger partial charge on any atom is -0.306 e. The molecule has 0 unspecified atom stereocenters. The van der Waals surface area contributed by atoms with Gasteiger partial charge in [-0.2, -0.15) is 0 Å². The van der Waals surface area contributed by atoms with Gasteiger partial charge in [-0.25, -0.2) is 9.78 Å². The second-order valence-corrected chi connectivity index (χ2v) is 4.62. The lowest BCUT2D eigenvalue weighted by molar-refractivity contribution is -0.385. The molecule has 1 heterocycles. The average Bonchev–Trinajstić information content (AvgIpc) is 2.44. The van der Waals surface area contributed by atoms with E-state index in [1.165, 1.54) is 12.1 Å². The minimum absolute atomic E-state index is 0.163. The highest BCUT2D eigenvalue weighted by molar-refractivity contribution is 6.44. The molecule has 0 saturated heterocycles. The fourth-order valence-electron chi connectivity index (χ4n) is 1.44. The van der Waals surface area contributed by atoms with Crippen molar-refractivity contribution < 1.29 is 9.72 Å². The number of nitrogens with one attached hydrogen (secondary N) is 2. The summed E-state index contributed by atoms with van der Waals surface area (Å²) in [6, 6.07) is 6.75. The molecule has 0 saturated carbocycles. The number of urea groups is 1. The molecule has 0 fully saturated rings. The van der Waals surface area contributed by atoms with Crippen LogP contribution in [0.1, 0.15) is 0 Å². The van der Waals surface area contributed by atoms with Crippen LogP contribution in [0.4, 0.5) is 22.0 Å². The van der Waals surface area contributed by atoms with Gasteiger partial charge in [-0.1, -0.05) is 29.3 Å². The zero-order valence-corrected chi connectivity index (χ0v) is 11.9. The highest BCUT2D eigenvalue weighted by Gasteiger charge is 2.10. The molecule has 9 heteroatoms. The molecule has 0 radical (unpaired) electrons. The van der Waals surface area contributed by atoms with E-state index in [4.69, 9.17) is 23.2 Å². The lowest BCUT2D eigenvalue weighted by atomic mass is 10.3. The van der Waals surface area contributed by atoms with Crippen molar-refractivity contribution in [1.29, 1.82) is 0 Å². The second-order valence-electron chi connectivity index (χ2n) is 3.84. The number of nitrogens with zero attached hydrogens (tertiary/aromatic N) is 2. The number of nitro groups is 1. The smallest absolute Gasteiger partial charge is 0.306 e. The predicted octanol–water partition coefficient (Wildman–Crippen LogP) is 3.94. The van der Waals surface area contributed by atoms with Crippen LogP contribution in [0.2, 0.25) is 10.0 Å². The topological polar surface area (TPSA) is 97.2 Å². The van der Waals surface area contributed by atoms with Crippen LogP contribution in [0.25, 0.3) is 0 Å². The first kappa shape index (κ1) is 15.0. The number of halogens is 2. The Morgan fingerprint density at radius 2 is 1.95 bits per heavy atom.